The number of aromatic nitrogens is 2. The summed E-state index contributed by atoms with van der Waals surface area (Å²) in [4.78, 5) is 17.1. The molecular formula is C19H24N4O2. The number of aryl methyl sites for hydroxylation is 1. The number of nitrogens with zero attached hydrogens (tertiary/aromatic N) is 4. The molecule has 1 aromatic carbocycles. The topological polar surface area (TPSA) is 50.6 Å². The standard InChI is InChI=1S/C19H24N4O2/c1-4-7-23-11-16-18(12-23)25-17-8-13(14-9-20-21(2)10-14)5-6-15(17)19(24)22(16)3/h5-6,8-10,16,18H,4,7,11-12H2,1-3H3/t16-,18+/m1/s1. The molecule has 2 aliphatic heterocycles. The van der Waals surface area contributed by atoms with Gasteiger partial charge in [0.15, 0.2) is 0 Å². The SMILES string of the molecule is CCCN1C[C@@H]2Oc3cc(-c4cnn(C)c4)ccc3C(=O)N(C)[C@@H]2C1. The average molecular weight is 340 g/mol. The van der Waals surface area contributed by atoms with Crippen molar-refractivity contribution >= 4 is 5.91 Å². The van der Waals surface area contributed by atoms with E-state index in [9.17, 15) is 4.79 Å². The van der Waals surface area contributed by atoms with Gasteiger partial charge in [0.1, 0.15) is 11.9 Å². The zero-order valence-corrected chi connectivity index (χ0v) is 15.0. The fourth-order valence-corrected chi connectivity index (χ4v) is 3.87. The van der Waals surface area contributed by atoms with Crippen molar-refractivity contribution in [1.82, 2.24) is 19.6 Å². The van der Waals surface area contributed by atoms with Crippen LogP contribution in [0.5, 0.6) is 5.75 Å². The number of carbonyl (C=O) groups excluding carboxylic acids is 1. The van der Waals surface area contributed by atoms with Crippen LogP contribution in [0.15, 0.2) is 30.6 Å². The Balaban J connectivity index is 1.69. The first-order chi connectivity index (χ1) is 12.1. The summed E-state index contributed by atoms with van der Waals surface area (Å²) in [6.07, 6.45) is 4.92. The van der Waals surface area contributed by atoms with Gasteiger partial charge in [-0.3, -0.25) is 14.4 Å². The normalized spacial score (nSPS) is 23.2. The van der Waals surface area contributed by atoms with E-state index in [4.69, 9.17) is 4.74 Å². The number of hydrogen-bond donors (Lipinski definition) is 0. The predicted molar refractivity (Wildman–Crippen MR) is 95.7 cm³/mol. The van der Waals surface area contributed by atoms with Gasteiger partial charge in [-0.15, -0.1) is 0 Å². The van der Waals surface area contributed by atoms with Gasteiger partial charge in [0.25, 0.3) is 5.91 Å². The number of benzene rings is 1. The first-order valence-corrected chi connectivity index (χ1v) is 8.86. The molecule has 1 fully saturated rings. The van der Waals surface area contributed by atoms with E-state index in [0.717, 1.165) is 37.2 Å². The van der Waals surface area contributed by atoms with Gasteiger partial charge in [-0.1, -0.05) is 13.0 Å². The van der Waals surface area contributed by atoms with Crippen molar-refractivity contribution < 1.29 is 9.53 Å². The summed E-state index contributed by atoms with van der Waals surface area (Å²) >= 11 is 0. The first kappa shape index (κ1) is 16.1. The molecule has 2 atom stereocenters. The molecule has 2 aromatic rings. The Labute approximate surface area is 148 Å². The van der Waals surface area contributed by atoms with E-state index in [1.54, 1.807) is 4.68 Å². The van der Waals surface area contributed by atoms with E-state index in [-0.39, 0.29) is 18.1 Å². The molecular weight excluding hydrogens is 316 g/mol. The Morgan fingerprint density at radius 1 is 1.24 bits per heavy atom. The minimum Gasteiger partial charge on any atom is -0.486 e. The van der Waals surface area contributed by atoms with Crippen molar-refractivity contribution in [3.05, 3.63) is 36.2 Å². The minimum atomic E-state index is 0.0194. The summed E-state index contributed by atoms with van der Waals surface area (Å²) < 4.78 is 8.11. The molecule has 6 heteroatoms. The number of fused-ring (bicyclic) bond motifs is 2. The summed E-state index contributed by atoms with van der Waals surface area (Å²) in [5.74, 6) is 0.725. The van der Waals surface area contributed by atoms with E-state index in [1.807, 2.05) is 49.6 Å². The lowest BCUT2D eigenvalue weighted by Crippen LogP contribution is -2.44. The average Bonchev–Trinajstić information content (AvgIpc) is 3.18. The maximum absolute atomic E-state index is 12.9. The molecule has 4 rings (SSSR count). The zero-order valence-electron chi connectivity index (χ0n) is 15.0. The van der Waals surface area contributed by atoms with Crippen molar-refractivity contribution in [3.8, 4) is 16.9 Å². The van der Waals surface area contributed by atoms with E-state index in [2.05, 4.69) is 16.9 Å². The molecule has 1 aromatic heterocycles. The highest BCUT2D eigenvalue weighted by Gasteiger charge is 2.41. The van der Waals surface area contributed by atoms with Crippen LogP contribution in [0.2, 0.25) is 0 Å². The van der Waals surface area contributed by atoms with Crippen molar-refractivity contribution in [2.45, 2.75) is 25.5 Å². The molecule has 1 saturated heterocycles. The first-order valence-electron chi connectivity index (χ1n) is 8.86. The maximum atomic E-state index is 12.9. The fourth-order valence-electron chi connectivity index (χ4n) is 3.87. The van der Waals surface area contributed by atoms with Crippen LogP contribution >= 0.6 is 0 Å². The number of rotatable bonds is 3. The van der Waals surface area contributed by atoms with Crippen LogP contribution in [0.4, 0.5) is 0 Å². The number of ether oxygens (including phenoxy) is 1. The summed E-state index contributed by atoms with van der Waals surface area (Å²) in [5.41, 5.74) is 2.69. The molecule has 0 spiro atoms. The molecule has 0 bridgehead atoms. The van der Waals surface area contributed by atoms with E-state index in [0.29, 0.717) is 11.3 Å². The lowest BCUT2D eigenvalue weighted by molar-refractivity contribution is 0.0682. The highest BCUT2D eigenvalue weighted by atomic mass is 16.5. The van der Waals surface area contributed by atoms with Crippen LogP contribution in [-0.4, -0.2) is 64.3 Å². The minimum absolute atomic E-state index is 0.0194. The number of likely N-dealkylation sites (tertiary alicyclic amines) is 1. The van der Waals surface area contributed by atoms with E-state index < -0.39 is 0 Å². The molecule has 0 unspecified atom stereocenters. The van der Waals surface area contributed by atoms with Gasteiger partial charge < -0.3 is 9.64 Å². The molecule has 25 heavy (non-hydrogen) atoms. The molecule has 0 N–H and O–H groups in total. The Bertz CT molecular complexity index is 800. The Kier molecular flexibility index (Phi) is 4.00. The molecule has 2 aliphatic rings. The number of carbonyl (C=O) groups is 1. The van der Waals surface area contributed by atoms with Crippen LogP contribution in [-0.2, 0) is 7.05 Å². The van der Waals surface area contributed by atoms with Gasteiger partial charge in [-0.25, -0.2) is 0 Å². The Hall–Kier alpha value is -2.34. The molecule has 0 radical (unpaired) electrons. The van der Waals surface area contributed by atoms with Crippen LogP contribution in [0.1, 0.15) is 23.7 Å². The Morgan fingerprint density at radius 2 is 2.08 bits per heavy atom. The molecule has 1 amide bonds. The number of amides is 1. The monoisotopic (exact) mass is 340 g/mol. The zero-order chi connectivity index (χ0) is 17.6. The molecule has 3 heterocycles. The summed E-state index contributed by atoms with van der Waals surface area (Å²) in [5, 5.41) is 4.23. The maximum Gasteiger partial charge on any atom is 0.257 e. The van der Waals surface area contributed by atoms with E-state index in [1.165, 1.54) is 0 Å². The highest BCUT2D eigenvalue weighted by molar-refractivity contribution is 5.98. The van der Waals surface area contributed by atoms with Crippen molar-refractivity contribution in [3.63, 3.8) is 0 Å². The second-order valence-electron chi connectivity index (χ2n) is 7.01. The van der Waals surface area contributed by atoms with Gasteiger partial charge >= 0.3 is 0 Å². The second kappa shape index (κ2) is 6.19. The Morgan fingerprint density at radius 3 is 2.80 bits per heavy atom. The smallest absolute Gasteiger partial charge is 0.257 e. The van der Waals surface area contributed by atoms with Gasteiger partial charge in [-0.05, 0) is 30.7 Å². The lowest BCUT2D eigenvalue weighted by Gasteiger charge is -2.25. The highest BCUT2D eigenvalue weighted by Crippen LogP contribution is 2.34. The second-order valence-corrected chi connectivity index (χ2v) is 7.01. The third-order valence-corrected chi connectivity index (χ3v) is 5.20. The van der Waals surface area contributed by atoms with Gasteiger partial charge in [-0.2, -0.15) is 5.10 Å². The number of hydrogen-bond acceptors (Lipinski definition) is 4. The summed E-state index contributed by atoms with van der Waals surface area (Å²) in [7, 11) is 3.79. The van der Waals surface area contributed by atoms with Crippen LogP contribution in [0, 0.1) is 0 Å². The fraction of sp³-hybridized carbons (Fsp3) is 0.474. The molecule has 6 nitrogen and oxygen atoms in total. The van der Waals surface area contributed by atoms with Crippen molar-refractivity contribution in [1.29, 1.82) is 0 Å². The molecule has 0 aliphatic carbocycles. The third-order valence-electron chi connectivity index (χ3n) is 5.20. The van der Waals surface area contributed by atoms with Gasteiger partial charge in [0.2, 0.25) is 0 Å². The number of likely N-dealkylation sites (N-methyl/N-ethyl adjacent to an activating group) is 1. The quantitative estimate of drug-likeness (QED) is 0.858. The third kappa shape index (κ3) is 2.80. The van der Waals surface area contributed by atoms with Gasteiger partial charge in [0.05, 0.1) is 17.8 Å². The molecule has 132 valence electrons. The van der Waals surface area contributed by atoms with Gasteiger partial charge in [0, 0.05) is 38.9 Å². The lowest BCUT2D eigenvalue weighted by atomic mass is 10.1. The van der Waals surface area contributed by atoms with Crippen molar-refractivity contribution in [2.75, 3.05) is 26.7 Å². The van der Waals surface area contributed by atoms with E-state index >= 15 is 0 Å². The van der Waals surface area contributed by atoms with Crippen LogP contribution in [0.3, 0.4) is 0 Å². The summed E-state index contributed by atoms with van der Waals surface area (Å²) in [6.45, 7) is 4.97. The predicted octanol–water partition coefficient (Wildman–Crippen LogP) is 2.01. The largest absolute Gasteiger partial charge is 0.486 e. The van der Waals surface area contributed by atoms with Crippen LogP contribution in [0.25, 0.3) is 11.1 Å². The molecule has 0 saturated carbocycles. The van der Waals surface area contributed by atoms with Crippen molar-refractivity contribution in [2.24, 2.45) is 7.05 Å². The summed E-state index contributed by atoms with van der Waals surface area (Å²) in [6, 6.07) is 5.92. The van der Waals surface area contributed by atoms with Crippen LogP contribution < -0.4 is 4.74 Å².